The van der Waals surface area contributed by atoms with Crippen LogP contribution in [0.4, 0.5) is 15.8 Å². The van der Waals surface area contributed by atoms with E-state index in [1.54, 1.807) is 12.1 Å². The Hall–Kier alpha value is -2.86. The Morgan fingerprint density at radius 3 is 2.74 bits per heavy atom. The number of aromatic amines is 1. The van der Waals surface area contributed by atoms with Crippen molar-refractivity contribution >= 4 is 28.5 Å². The molecular weight excluding hydrogens is 345 g/mol. The van der Waals surface area contributed by atoms with Crippen molar-refractivity contribution in [2.75, 3.05) is 25.1 Å². The zero-order valence-electron chi connectivity index (χ0n) is 14.9. The highest BCUT2D eigenvalue weighted by Crippen LogP contribution is 2.28. The fourth-order valence-electron chi connectivity index (χ4n) is 3.36. The smallest absolute Gasteiger partial charge is 0.198 e. The van der Waals surface area contributed by atoms with Gasteiger partial charge >= 0.3 is 0 Å². The minimum atomic E-state index is -0.391. The van der Waals surface area contributed by atoms with E-state index in [1.807, 2.05) is 24.3 Å². The number of ether oxygens (including phenoxy) is 1. The second-order valence-corrected chi connectivity index (χ2v) is 6.79. The Bertz CT molecular complexity index is 944. The lowest BCUT2D eigenvalue weighted by Crippen LogP contribution is -2.22. The van der Waals surface area contributed by atoms with E-state index in [-0.39, 0.29) is 5.88 Å². The monoisotopic (exact) mass is 367 g/mol. The van der Waals surface area contributed by atoms with Crippen molar-refractivity contribution in [3.05, 3.63) is 53.8 Å². The quantitative estimate of drug-likeness (QED) is 0.577. The summed E-state index contributed by atoms with van der Waals surface area (Å²) >= 11 is 0. The van der Waals surface area contributed by atoms with Crippen LogP contribution in [0, 0.1) is 11.7 Å². The number of halogens is 1. The summed E-state index contributed by atoms with van der Waals surface area (Å²) < 4.78 is 19.4. The zero-order chi connectivity index (χ0) is 18.6. The number of H-pyrrole nitrogens is 1. The summed E-state index contributed by atoms with van der Waals surface area (Å²) in [6, 6.07) is 12.4. The molecule has 6 heteroatoms. The van der Waals surface area contributed by atoms with Gasteiger partial charge in [-0.15, -0.1) is 0 Å². The number of anilines is 1. The SMILES string of the molecule is Oc1[nH]c2cccc(F)c2c1C=Nc1ccc(NCC2CCOCC2)cc1. The highest BCUT2D eigenvalue weighted by molar-refractivity contribution is 6.02. The topological polar surface area (TPSA) is 69.6 Å². The molecule has 4 rings (SSSR count). The van der Waals surface area contributed by atoms with Crippen LogP contribution in [0.15, 0.2) is 47.5 Å². The molecule has 1 aromatic heterocycles. The lowest BCUT2D eigenvalue weighted by Gasteiger charge is -2.22. The number of hydrogen-bond acceptors (Lipinski definition) is 4. The van der Waals surface area contributed by atoms with Gasteiger partial charge in [0.25, 0.3) is 0 Å². The van der Waals surface area contributed by atoms with Crippen LogP contribution in [-0.2, 0) is 4.74 Å². The van der Waals surface area contributed by atoms with Crippen LogP contribution in [0.25, 0.3) is 10.9 Å². The number of rotatable bonds is 5. The molecule has 0 amide bonds. The van der Waals surface area contributed by atoms with Crippen molar-refractivity contribution in [3.8, 4) is 5.88 Å². The number of aromatic hydroxyl groups is 1. The molecule has 0 saturated carbocycles. The first-order valence-corrected chi connectivity index (χ1v) is 9.15. The molecule has 3 aromatic rings. The van der Waals surface area contributed by atoms with Crippen molar-refractivity contribution in [2.45, 2.75) is 12.8 Å². The number of benzene rings is 2. The largest absolute Gasteiger partial charge is 0.494 e. The number of fused-ring (bicyclic) bond motifs is 1. The Kier molecular flexibility index (Phi) is 5.07. The first-order valence-electron chi connectivity index (χ1n) is 9.15. The predicted molar refractivity (Wildman–Crippen MR) is 106 cm³/mol. The van der Waals surface area contributed by atoms with E-state index in [1.165, 1.54) is 12.3 Å². The van der Waals surface area contributed by atoms with Crippen LogP contribution in [0.5, 0.6) is 5.88 Å². The number of hydrogen-bond donors (Lipinski definition) is 3. The fraction of sp³-hybridized carbons (Fsp3) is 0.286. The molecule has 5 nitrogen and oxygen atoms in total. The number of nitrogens with one attached hydrogen (secondary N) is 2. The second-order valence-electron chi connectivity index (χ2n) is 6.79. The van der Waals surface area contributed by atoms with E-state index in [4.69, 9.17) is 4.74 Å². The normalized spacial score (nSPS) is 15.6. The Labute approximate surface area is 156 Å². The van der Waals surface area contributed by atoms with E-state index in [0.717, 1.165) is 44.0 Å². The lowest BCUT2D eigenvalue weighted by atomic mass is 10.0. The molecule has 27 heavy (non-hydrogen) atoms. The van der Waals surface area contributed by atoms with Gasteiger partial charge in [0, 0.05) is 37.0 Å². The molecule has 0 bridgehead atoms. The number of aliphatic imine (C=N–C) groups is 1. The third kappa shape index (κ3) is 3.95. The van der Waals surface area contributed by atoms with Crippen LogP contribution in [-0.4, -0.2) is 36.1 Å². The summed E-state index contributed by atoms with van der Waals surface area (Å²) in [5, 5.41) is 13.8. The van der Waals surface area contributed by atoms with Gasteiger partial charge in [-0.2, -0.15) is 0 Å². The maximum atomic E-state index is 14.1. The summed E-state index contributed by atoms with van der Waals surface area (Å²) in [5.41, 5.74) is 2.67. The summed E-state index contributed by atoms with van der Waals surface area (Å²) in [4.78, 5) is 7.14. The molecule has 0 unspecified atom stereocenters. The average molecular weight is 367 g/mol. The van der Waals surface area contributed by atoms with Gasteiger partial charge in [-0.3, -0.25) is 4.99 Å². The third-order valence-electron chi connectivity index (χ3n) is 4.94. The second kappa shape index (κ2) is 7.80. The van der Waals surface area contributed by atoms with Crippen molar-refractivity contribution in [3.63, 3.8) is 0 Å². The molecule has 0 aliphatic carbocycles. The highest BCUT2D eigenvalue weighted by atomic mass is 19.1. The van der Waals surface area contributed by atoms with Crippen LogP contribution < -0.4 is 5.32 Å². The number of aromatic nitrogens is 1. The van der Waals surface area contributed by atoms with Gasteiger partial charge in [-0.05, 0) is 55.2 Å². The molecule has 1 fully saturated rings. The Morgan fingerprint density at radius 1 is 1.19 bits per heavy atom. The Balaban J connectivity index is 1.45. The van der Waals surface area contributed by atoms with Gasteiger partial charge in [0.1, 0.15) is 5.82 Å². The van der Waals surface area contributed by atoms with E-state index in [2.05, 4.69) is 15.3 Å². The minimum Gasteiger partial charge on any atom is -0.494 e. The van der Waals surface area contributed by atoms with Crippen molar-refractivity contribution in [1.82, 2.24) is 4.98 Å². The van der Waals surface area contributed by atoms with Crippen molar-refractivity contribution in [2.24, 2.45) is 10.9 Å². The molecular formula is C21H22FN3O2. The standard InChI is InChI=1S/C21H22FN3O2/c22-18-2-1-3-19-20(18)17(21(26)25-19)13-24-16-6-4-15(5-7-16)23-12-14-8-10-27-11-9-14/h1-7,13-14,23,25-26H,8-12H2. The maximum Gasteiger partial charge on any atom is 0.198 e. The Morgan fingerprint density at radius 2 is 1.96 bits per heavy atom. The molecule has 0 atom stereocenters. The van der Waals surface area contributed by atoms with Gasteiger partial charge in [0.05, 0.1) is 16.8 Å². The van der Waals surface area contributed by atoms with E-state index in [9.17, 15) is 9.50 Å². The average Bonchev–Trinajstić information content (AvgIpc) is 3.03. The molecule has 1 aliphatic rings. The predicted octanol–water partition coefficient (Wildman–Crippen LogP) is 4.60. The van der Waals surface area contributed by atoms with Gasteiger partial charge < -0.3 is 20.1 Å². The van der Waals surface area contributed by atoms with Crippen LogP contribution in [0.3, 0.4) is 0 Å². The van der Waals surface area contributed by atoms with Crippen molar-refractivity contribution in [1.29, 1.82) is 0 Å². The van der Waals surface area contributed by atoms with Crippen LogP contribution in [0.2, 0.25) is 0 Å². The summed E-state index contributed by atoms with van der Waals surface area (Å²) in [5.74, 6) is 0.169. The molecule has 1 aliphatic heterocycles. The van der Waals surface area contributed by atoms with Crippen LogP contribution >= 0.6 is 0 Å². The first kappa shape index (κ1) is 17.5. The van der Waals surface area contributed by atoms with E-state index in [0.29, 0.717) is 22.4 Å². The molecule has 0 spiro atoms. The summed E-state index contributed by atoms with van der Waals surface area (Å²) in [7, 11) is 0. The highest BCUT2D eigenvalue weighted by Gasteiger charge is 2.14. The lowest BCUT2D eigenvalue weighted by molar-refractivity contribution is 0.0699. The van der Waals surface area contributed by atoms with Gasteiger partial charge in [0.15, 0.2) is 5.88 Å². The summed E-state index contributed by atoms with van der Waals surface area (Å²) in [6.07, 6.45) is 3.68. The summed E-state index contributed by atoms with van der Waals surface area (Å²) in [6.45, 7) is 2.64. The van der Waals surface area contributed by atoms with Gasteiger partial charge in [-0.25, -0.2) is 4.39 Å². The first-order chi connectivity index (χ1) is 13.2. The molecule has 2 aromatic carbocycles. The van der Waals surface area contributed by atoms with Crippen molar-refractivity contribution < 1.29 is 14.2 Å². The molecule has 2 heterocycles. The van der Waals surface area contributed by atoms with Gasteiger partial charge in [0.2, 0.25) is 0 Å². The van der Waals surface area contributed by atoms with Gasteiger partial charge in [-0.1, -0.05) is 6.07 Å². The van der Waals surface area contributed by atoms with E-state index >= 15 is 0 Å². The molecule has 1 saturated heterocycles. The molecule has 140 valence electrons. The zero-order valence-corrected chi connectivity index (χ0v) is 14.9. The minimum absolute atomic E-state index is 0.0893. The molecule has 3 N–H and O–H groups in total. The third-order valence-corrected chi connectivity index (χ3v) is 4.94. The number of nitrogens with zero attached hydrogens (tertiary/aromatic N) is 1. The van der Waals surface area contributed by atoms with Crippen LogP contribution in [0.1, 0.15) is 18.4 Å². The molecule has 0 radical (unpaired) electrons. The van der Waals surface area contributed by atoms with E-state index < -0.39 is 5.82 Å². The maximum absolute atomic E-state index is 14.1. The fourth-order valence-corrected chi connectivity index (χ4v) is 3.36.